The van der Waals surface area contributed by atoms with Gasteiger partial charge in [-0.3, -0.25) is 9.48 Å². The van der Waals surface area contributed by atoms with Crippen molar-refractivity contribution in [2.45, 2.75) is 26.3 Å². The summed E-state index contributed by atoms with van der Waals surface area (Å²) in [5, 5.41) is 4.21. The minimum absolute atomic E-state index is 0.203. The van der Waals surface area contributed by atoms with Crippen LogP contribution in [0.4, 0.5) is 0 Å². The first-order chi connectivity index (χ1) is 6.00. The van der Waals surface area contributed by atoms with Crippen LogP contribution in [0, 0.1) is 20.8 Å². The van der Waals surface area contributed by atoms with Crippen LogP contribution in [-0.4, -0.2) is 15.7 Å². The van der Waals surface area contributed by atoms with Crippen LogP contribution >= 0.6 is 0 Å². The molecule has 13 heavy (non-hydrogen) atoms. The summed E-state index contributed by atoms with van der Waals surface area (Å²) >= 11 is 0. The van der Waals surface area contributed by atoms with Gasteiger partial charge in [0, 0.05) is 12.1 Å². The maximum Gasteiger partial charge on any atom is 0.219 e. The van der Waals surface area contributed by atoms with Gasteiger partial charge in [0.25, 0.3) is 0 Å². The average Bonchev–Trinajstić information content (AvgIpc) is 2.28. The highest BCUT2D eigenvalue weighted by molar-refractivity contribution is 5.74. The van der Waals surface area contributed by atoms with Crippen LogP contribution in [-0.2, 0) is 4.79 Å². The zero-order valence-corrected chi connectivity index (χ0v) is 7.95. The van der Waals surface area contributed by atoms with E-state index < -0.39 is 0 Å². The second kappa shape index (κ2) is 3.60. The molecule has 1 aromatic rings. The van der Waals surface area contributed by atoms with Crippen molar-refractivity contribution in [2.24, 2.45) is 5.73 Å². The van der Waals surface area contributed by atoms with Gasteiger partial charge in [0.15, 0.2) is 0 Å². The Hall–Kier alpha value is -1.32. The van der Waals surface area contributed by atoms with Crippen LogP contribution in [0.2, 0.25) is 0 Å². The zero-order valence-electron chi connectivity index (χ0n) is 7.95. The van der Waals surface area contributed by atoms with E-state index in [0.29, 0.717) is 0 Å². The third-order valence-electron chi connectivity index (χ3n) is 1.83. The summed E-state index contributed by atoms with van der Waals surface area (Å²) in [5.74, 6) is -0.354. The fourth-order valence-electron chi connectivity index (χ4n) is 1.33. The van der Waals surface area contributed by atoms with Gasteiger partial charge in [0.05, 0.1) is 11.7 Å². The second-order valence-electron chi connectivity index (χ2n) is 3.20. The minimum atomic E-state index is -0.354. The van der Waals surface area contributed by atoms with E-state index in [9.17, 15) is 4.79 Å². The summed E-state index contributed by atoms with van der Waals surface area (Å²) in [6.07, 6.45) is 0.224. The maximum atomic E-state index is 10.6. The summed E-state index contributed by atoms with van der Waals surface area (Å²) in [7, 11) is 0. The van der Waals surface area contributed by atoms with Gasteiger partial charge in [-0.15, -0.1) is 0 Å². The van der Waals surface area contributed by atoms with E-state index in [-0.39, 0.29) is 18.4 Å². The lowest BCUT2D eigenvalue weighted by Gasteiger charge is -2.11. The molecule has 0 saturated heterocycles. The van der Waals surface area contributed by atoms with Crippen molar-refractivity contribution in [3.63, 3.8) is 0 Å². The molecule has 2 N–H and O–H groups in total. The lowest BCUT2D eigenvalue weighted by atomic mass is 10.2. The summed E-state index contributed by atoms with van der Waals surface area (Å²) in [6, 6.07) is 1.74. The van der Waals surface area contributed by atoms with Crippen molar-refractivity contribution in [3.05, 3.63) is 24.4 Å². The van der Waals surface area contributed by atoms with Crippen LogP contribution < -0.4 is 5.73 Å². The molecule has 4 heteroatoms. The van der Waals surface area contributed by atoms with Crippen LogP contribution in [0.1, 0.15) is 23.9 Å². The summed E-state index contributed by atoms with van der Waals surface area (Å²) < 4.78 is 1.72. The van der Waals surface area contributed by atoms with E-state index in [1.165, 1.54) is 0 Å². The number of carbonyl (C=O) groups is 1. The average molecular weight is 180 g/mol. The highest BCUT2D eigenvalue weighted by Crippen LogP contribution is 2.12. The summed E-state index contributed by atoms with van der Waals surface area (Å²) in [4.78, 5) is 10.6. The Morgan fingerprint density at radius 1 is 1.77 bits per heavy atom. The molecule has 1 amide bonds. The van der Waals surface area contributed by atoms with E-state index in [0.717, 1.165) is 11.4 Å². The van der Waals surface area contributed by atoms with Crippen LogP contribution in [0.3, 0.4) is 0 Å². The van der Waals surface area contributed by atoms with Crippen molar-refractivity contribution in [1.29, 1.82) is 0 Å². The number of nitrogens with zero attached hydrogens (tertiary/aromatic N) is 2. The molecule has 1 radical (unpaired) electrons. The Balaban J connectivity index is 2.81. The first-order valence-electron chi connectivity index (χ1n) is 4.15. The SMILES string of the molecule is [CH2]C(CC(N)=O)n1nc(C)cc1C. The normalized spacial score (nSPS) is 12.8. The highest BCUT2D eigenvalue weighted by atomic mass is 16.1. The zero-order chi connectivity index (χ0) is 10.0. The molecule has 1 unspecified atom stereocenters. The number of rotatable bonds is 3. The molecular weight excluding hydrogens is 166 g/mol. The van der Waals surface area contributed by atoms with E-state index in [1.807, 2.05) is 19.9 Å². The quantitative estimate of drug-likeness (QED) is 0.746. The molecule has 0 spiro atoms. The van der Waals surface area contributed by atoms with Crippen LogP contribution in [0.5, 0.6) is 0 Å². The lowest BCUT2D eigenvalue weighted by molar-refractivity contribution is -0.118. The molecule has 71 valence electrons. The smallest absolute Gasteiger partial charge is 0.219 e. The Bertz CT molecular complexity index is 317. The Morgan fingerprint density at radius 2 is 2.38 bits per heavy atom. The summed E-state index contributed by atoms with van der Waals surface area (Å²) in [6.45, 7) is 7.66. The maximum absolute atomic E-state index is 10.6. The first-order valence-corrected chi connectivity index (χ1v) is 4.15. The molecule has 0 bridgehead atoms. The Kier molecular flexibility index (Phi) is 2.70. The van der Waals surface area contributed by atoms with Gasteiger partial charge in [-0.1, -0.05) is 0 Å². The van der Waals surface area contributed by atoms with Gasteiger partial charge < -0.3 is 5.73 Å². The van der Waals surface area contributed by atoms with Gasteiger partial charge in [-0.2, -0.15) is 5.10 Å². The van der Waals surface area contributed by atoms with Crippen molar-refractivity contribution >= 4 is 5.91 Å². The van der Waals surface area contributed by atoms with E-state index in [2.05, 4.69) is 12.0 Å². The van der Waals surface area contributed by atoms with Crippen LogP contribution in [0.25, 0.3) is 0 Å². The van der Waals surface area contributed by atoms with Crippen molar-refractivity contribution < 1.29 is 4.79 Å². The van der Waals surface area contributed by atoms with Crippen molar-refractivity contribution in [2.75, 3.05) is 0 Å². The number of hydrogen-bond acceptors (Lipinski definition) is 2. The fourth-order valence-corrected chi connectivity index (χ4v) is 1.33. The van der Waals surface area contributed by atoms with Crippen LogP contribution in [0.15, 0.2) is 6.07 Å². The second-order valence-corrected chi connectivity index (χ2v) is 3.20. The highest BCUT2D eigenvalue weighted by Gasteiger charge is 2.11. The molecular formula is C9H14N3O. The van der Waals surface area contributed by atoms with Gasteiger partial charge in [0.1, 0.15) is 0 Å². The monoisotopic (exact) mass is 180 g/mol. The number of aryl methyl sites for hydroxylation is 2. The minimum Gasteiger partial charge on any atom is -0.370 e. The molecule has 0 fully saturated rings. The number of carbonyl (C=O) groups excluding carboxylic acids is 1. The number of amides is 1. The third-order valence-corrected chi connectivity index (χ3v) is 1.83. The molecule has 0 aliphatic heterocycles. The van der Waals surface area contributed by atoms with Gasteiger partial charge in [0.2, 0.25) is 5.91 Å². The lowest BCUT2D eigenvalue weighted by Crippen LogP contribution is -2.19. The van der Waals surface area contributed by atoms with E-state index in [4.69, 9.17) is 5.73 Å². The standard InChI is InChI=1S/C9H14N3O/c1-6-4-7(2)12(11-6)8(3)5-9(10)13/h4,8H,3,5H2,1-2H3,(H2,10,13). The van der Waals surface area contributed by atoms with Gasteiger partial charge >= 0.3 is 0 Å². The molecule has 0 aliphatic rings. The fraction of sp³-hybridized carbons (Fsp3) is 0.444. The molecule has 1 aromatic heterocycles. The molecule has 4 nitrogen and oxygen atoms in total. The topological polar surface area (TPSA) is 60.9 Å². The molecule has 0 aliphatic carbocycles. The molecule has 1 heterocycles. The Labute approximate surface area is 77.7 Å². The molecule has 0 saturated carbocycles. The third kappa shape index (κ3) is 2.31. The van der Waals surface area contributed by atoms with E-state index >= 15 is 0 Å². The van der Waals surface area contributed by atoms with Crippen molar-refractivity contribution in [1.82, 2.24) is 9.78 Å². The van der Waals surface area contributed by atoms with Crippen molar-refractivity contribution in [3.8, 4) is 0 Å². The predicted octanol–water partition coefficient (Wildman–Crippen LogP) is 0.751. The molecule has 0 aromatic carbocycles. The van der Waals surface area contributed by atoms with Gasteiger partial charge in [-0.25, -0.2) is 0 Å². The number of primary amides is 1. The predicted molar refractivity (Wildman–Crippen MR) is 49.9 cm³/mol. The number of aromatic nitrogens is 2. The van der Waals surface area contributed by atoms with E-state index in [1.54, 1.807) is 4.68 Å². The first kappa shape index (κ1) is 9.77. The number of hydrogen-bond donors (Lipinski definition) is 1. The molecule has 1 rings (SSSR count). The van der Waals surface area contributed by atoms with Gasteiger partial charge in [-0.05, 0) is 26.8 Å². The Morgan fingerprint density at radius 3 is 2.77 bits per heavy atom. The molecule has 1 atom stereocenters. The summed E-state index contributed by atoms with van der Waals surface area (Å²) in [5.41, 5.74) is 6.99. The number of nitrogens with two attached hydrogens (primary N) is 1. The largest absolute Gasteiger partial charge is 0.370 e.